The largest absolute Gasteiger partial charge is 0.482 e. The van der Waals surface area contributed by atoms with Crippen molar-refractivity contribution >= 4 is 26.6 Å². The van der Waals surface area contributed by atoms with Crippen molar-refractivity contribution in [2.45, 2.75) is 13.0 Å². The number of aromatic nitrogens is 1. The highest BCUT2D eigenvalue weighted by molar-refractivity contribution is 8.31. The number of amides is 1. The minimum Gasteiger partial charge on any atom is -0.482 e. The number of hydrogen-bond acceptors (Lipinski definition) is 5. The summed E-state index contributed by atoms with van der Waals surface area (Å²) in [6.07, 6.45) is 2.31. The Balaban J connectivity index is 0.00000124. The Bertz CT molecular complexity index is 1030. The van der Waals surface area contributed by atoms with Crippen LogP contribution in [0.5, 0.6) is 5.75 Å². The van der Waals surface area contributed by atoms with Crippen molar-refractivity contribution in [1.82, 2.24) is 9.58 Å². The molecule has 2 heterocycles. The number of carbonyl (C=O) groups excluding carboxylic acids is 1. The number of ether oxygens (including phenoxy) is 1. The fourth-order valence-electron chi connectivity index (χ4n) is 3.19. The normalized spacial score (nSPS) is 12.3. The van der Waals surface area contributed by atoms with Crippen LogP contribution in [0.1, 0.15) is 21.6 Å². The number of hydrogen-bond donors (Lipinski definition) is 2. The molecular weight excluding hydrogens is 417 g/mol. The van der Waals surface area contributed by atoms with Gasteiger partial charge in [0.1, 0.15) is 13.3 Å². The Hall–Kier alpha value is -2.76. The van der Waals surface area contributed by atoms with E-state index in [0.29, 0.717) is 13.2 Å². The Morgan fingerprint density at radius 1 is 0.933 bits per heavy atom. The number of rotatable bonds is 6. The maximum Gasteiger partial charge on any atom is 0.277 e. The van der Waals surface area contributed by atoms with E-state index in [1.807, 2.05) is 60.7 Å². The number of nitrogens with one attached hydrogen (secondary N) is 1. The van der Waals surface area contributed by atoms with Crippen molar-refractivity contribution in [1.29, 1.82) is 0 Å². The number of fused-ring (bicyclic) bond motifs is 1. The summed E-state index contributed by atoms with van der Waals surface area (Å²) in [4.78, 5) is 27.2. The maximum atomic E-state index is 13.1. The minimum atomic E-state index is -0.303. The summed E-state index contributed by atoms with van der Waals surface area (Å²) in [5.74, 6) is -0.135. The van der Waals surface area contributed by atoms with Crippen molar-refractivity contribution in [2.24, 2.45) is 0 Å². The van der Waals surface area contributed by atoms with Gasteiger partial charge in [-0.3, -0.25) is 14.3 Å². The Morgan fingerprint density at radius 2 is 1.57 bits per heavy atom. The quantitative estimate of drug-likeness (QED) is 0.455. The van der Waals surface area contributed by atoms with Crippen LogP contribution < -0.4 is 15.6 Å². The predicted octanol–water partition coefficient (Wildman–Crippen LogP) is 3.33. The molecule has 0 spiro atoms. The van der Waals surface area contributed by atoms with Gasteiger partial charge in [-0.2, -0.15) is 12.2 Å². The topological polar surface area (TPSA) is 63.6 Å². The molecule has 1 unspecified atom stereocenters. The summed E-state index contributed by atoms with van der Waals surface area (Å²) in [5.41, 5.74) is 5.17. The molecular formula is C22H24N3O3PS. The first kappa shape index (κ1) is 21.9. The zero-order valence-corrected chi connectivity index (χ0v) is 18.4. The van der Waals surface area contributed by atoms with E-state index in [4.69, 9.17) is 4.74 Å². The molecule has 1 amide bonds. The number of thiol groups is 1. The highest BCUT2D eigenvalue weighted by Crippen LogP contribution is 2.20. The standard InChI is InChI=1S/C22H21N3O3.H3PS/c26-19-12-14-25-20(21(19)28-15-18-9-5-2-6-10-18)22(27)24(16-23-25)13-11-17-7-3-1-4-8-17;1-2/h1-10,12,14,23H,11,13,15-16H2;2H,1H2. The average Bonchev–Trinajstić information content (AvgIpc) is 2.81. The Morgan fingerprint density at radius 3 is 2.23 bits per heavy atom. The van der Waals surface area contributed by atoms with Gasteiger partial charge in [-0.1, -0.05) is 69.1 Å². The van der Waals surface area contributed by atoms with Gasteiger partial charge in [0.25, 0.3) is 5.91 Å². The lowest BCUT2D eigenvalue weighted by atomic mass is 10.1. The summed E-state index contributed by atoms with van der Waals surface area (Å²) in [6.45, 7) is 1.15. The molecule has 0 saturated carbocycles. The van der Waals surface area contributed by atoms with Gasteiger partial charge in [-0.25, -0.2) is 0 Å². The van der Waals surface area contributed by atoms with E-state index in [9.17, 15) is 9.59 Å². The van der Waals surface area contributed by atoms with Crippen LogP contribution in [-0.2, 0) is 13.0 Å². The fourth-order valence-corrected chi connectivity index (χ4v) is 3.19. The molecule has 30 heavy (non-hydrogen) atoms. The van der Waals surface area contributed by atoms with Crippen LogP contribution in [0.2, 0.25) is 0 Å². The number of carbonyl (C=O) groups is 1. The number of benzene rings is 2. The maximum absolute atomic E-state index is 13.1. The van der Waals surface area contributed by atoms with Crippen molar-refractivity contribution < 1.29 is 9.53 Å². The second-order valence-corrected chi connectivity index (χ2v) is 6.62. The zero-order valence-electron chi connectivity index (χ0n) is 16.4. The monoisotopic (exact) mass is 441 g/mol. The molecule has 6 nitrogen and oxygen atoms in total. The lowest BCUT2D eigenvalue weighted by Gasteiger charge is -2.31. The van der Waals surface area contributed by atoms with E-state index in [1.165, 1.54) is 6.07 Å². The molecule has 1 aromatic heterocycles. The van der Waals surface area contributed by atoms with Gasteiger partial charge in [-0.05, 0) is 17.5 Å². The van der Waals surface area contributed by atoms with Crippen LogP contribution >= 0.6 is 20.7 Å². The smallest absolute Gasteiger partial charge is 0.277 e. The van der Waals surface area contributed by atoms with Crippen molar-refractivity contribution in [2.75, 3.05) is 18.6 Å². The van der Waals surface area contributed by atoms with Crippen LogP contribution in [0, 0.1) is 0 Å². The minimum absolute atomic E-state index is 0.0771. The molecule has 0 aliphatic carbocycles. The molecule has 1 N–H and O–H groups in total. The number of pyridine rings is 1. The fraction of sp³-hybridized carbons (Fsp3) is 0.182. The molecule has 3 aromatic rings. The predicted molar refractivity (Wildman–Crippen MR) is 126 cm³/mol. The number of nitrogens with zero attached hydrogens (tertiary/aromatic N) is 2. The lowest BCUT2D eigenvalue weighted by molar-refractivity contribution is 0.0721. The molecule has 1 atom stereocenters. The summed E-state index contributed by atoms with van der Waals surface area (Å²) in [7, 11) is 2.11. The Kier molecular flexibility index (Phi) is 7.94. The summed E-state index contributed by atoms with van der Waals surface area (Å²) < 4.78 is 7.35. The van der Waals surface area contributed by atoms with Crippen LogP contribution in [0.3, 0.4) is 0 Å². The second-order valence-electron chi connectivity index (χ2n) is 6.62. The van der Waals surface area contributed by atoms with Crippen molar-refractivity contribution in [3.63, 3.8) is 0 Å². The first-order chi connectivity index (χ1) is 14.7. The third kappa shape index (κ3) is 5.23. The van der Waals surface area contributed by atoms with Gasteiger partial charge < -0.3 is 15.1 Å². The van der Waals surface area contributed by atoms with E-state index in [-0.39, 0.29) is 29.4 Å². The van der Waals surface area contributed by atoms with Gasteiger partial charge in [0, 0.05) is 18.8 Å². The highest BCUT2D eigenvalue weighted by atomic mass is 32.7. The van der Waals surface area contributed by atoms with Crippen LogP contribution in [0.25, 0.3) is 0 Å². The van der Waals surface area contributed by atoms with Gasteiger partial charge in [0.15, 0.2) is 11.4 Å². The molecule has 0 bridgehead atoms. The first-order valence-electron chi connectivity index (χ1n) is 9.47. The molecule has 0 fully saturated rings. The molecule has 8 heteroatoms. The van der Waals surface area contributed by atoms with Crippen LogP contribution in [0.15, 0.2) is 77.7 Å². The van der Waals surface area contributed by atoms with Crippen molar-refractivity contribution in [3.05, 3.63) is 100.0 Å². The van der Waals surface area contributed by atoms with E-state index in [2.05, 4.69) is 26.1 Å². The Labute approximate surface area is 183 Å². The highest BCUT2D eigenvalue weighted by Gasteiger charge is 2.28. The third-order valence-electron chi connectivity index (χ3n) is 4.72. The first-order valence-corrected chi connectivity index (χ1v) is 11.5. The molecule has 0 saturated heterocycles. The average molecular weight is 441 g/mol. The van der Waals surface area contributed by atoms with Gasteiger partial charge >= 0.3 is 0 Å². The van der Waals surface area contributed by atoms with Gasteiger partial charge in [-0.15, -0.1) is 0 Å². The van der Waals surface area contributed by atoms with E-state index in [1.54, 1.807) is 15.8 Å². The molecule has 4 rings (SSSR count). The van der Waals surface area contributed by atoms with Crippen LogP contribution in [0.4, 0.5) is 0 Å². The second kappa shape index (κ2) is 10.9. The summed E-state index contributed by atoms with van der Waals surface area (Å²) in [6, 6.07) is 21.0. The molecule has 0 radical (unpaired) electrons. The summed E-state index contributed by atoms with van der Waals surface area (Å²) in [5, 5.41) is 0. The molecule has 1 aliphatic rings. The van der Waals surface area contributed by atoms with Crippen molar-refractivity contribution in [3.8, 4) is 5.75 Å². The van der Waals surface area contributed by atoms with E-state index < -0.39 is 0 Å². The van der Waals surface area contributed by atoms with Crippen LogP contribution in [-0.4, -0.2) is 28.7 Å². The SMILES string of the molecule is O=C1c2c(OCc3ccccc3)c(=O)ccn2NCN1CCc1ccccc1.PS. The molecule has 2 aromatic carbocycles. The molecule has 156 valence electrons. The van der Waals surface area contributed by atoms with Gasteiger partial charge in [0.2, 0.25) is 5.43 Å². The third-order valence-corrected chi connectivity index (χ3v) is 4.72. The van der Waals surface area contributed by atoms with E-state index >= 15 is 0 Å². The van der Waals surface area contributed by atoms with Gasteiger partial charge in [0.05, 0.1) is 0 Å². The molecule has 1 aliphatic heterocycles. The van der Waals surface area contributed by atoms with E-state index in [0.717, 1.165) is 17.5 Å². The lowest BCUT2D eigenvalue weighted by Crippen LogP contribution is -2.47. The summed E-state index contributed by atoms with van der Waals surface area (Å²) >= 11 is 3.44. The zero-order chi connectivity index (χ0) is 21.3.